The fourth-order valence-electron chi connectivity index (χ4n) is 2.93. The Labute approximate surface area is 176 Å². The van der Waals surface area contributed by atoms with Crippen molar-refractivity contribution in [3.8, 4) is 0 Å². The smallest absolute Gasteiger partial charge is 0.262 e. The minimum atomic E-state index is -0.0939. The largest absolute Gasteiger partial charge is 0.349 e. The first kappa shape index (κ1) is 20.6. The lowest BCUT2D eigenvalue weighted by molar-refractivity contribution is -0.119. The van der Waals surface area contributed by atoms with E-state index < -0.39 is 0 Å². The molecule has 0 spiro atoms. The second-order valence-electron chi connectivity index (χ2n) is 6.50. The molecule has 0 fully saturated rings. The van der Waals surface area contributed by atoms with Crippen LogP contribution >= 0.6 is 27.7 Å². The van der Waals surface area contributed by atoms with Crippen LogP contribution in [0.5, 0.6) is 0 Å². The predicted molar refractivity (Wildman–Crippen MR) is 118 cm³/mol. The quantitative estimate of drug-likeness (QED) is 0.416. The van der Waals surface area contributed by atoms with Crippen LogP contribution in [-0.4, -0.2) is 21.2 Å². The summed E-state index contributed by atoms with van der Waals surface area (Å²) < 4.78 is 2.67. The lowest BCUT2D eigenvalue weighted by atomic mass is 10.1. The van der Waals surface area contributed by atoms with Crippen molar-refractivity contribution >= 4 is 44.5 Å². The molecule has 3 rings (SSSR count). The standard InChI is InChI=1S/C21H22BrN3O2S/c1-3-12-25-20(27)17-6-4-5-7-18(17)24-21(25)28-13-19(26)23-14(2)15-8-10-16(22)11-9-15/h4-11,14H,3,12-13H2,1-2H3,(H,23,26). The molecule has 146 valence electrons. The van der Waals surface area contributed by atoms with E-state index in [1.54, 1.807) is 10.6 Å². The lowest BCUT2D eigenvalue weighted by Gasteiger charge is -2.15. The van der Waals surface area contributed by atoms with Crippen LogP contribution < -0.4 is 10.9 Å². The number of thioether (sulfide) groups is 1. The van der Waals surface area contributed by atoms with Gasteiger partial charge in [0.15, 0.2) is 5.16 Å². The molecule has 2 aromatic carbocycles. The van der Waals surface area contributed by atoms with E-state index >= 15 is 0 Å². The number of carbonyl (C=O) groups is 1. The molecule has 0 radical (unpaired) electrons. The molecule has 1 amide bonds. The van der Waals surface area contributed by atoms with Crippen LogP contribution in [0.2, 0.25) is 0 Å². The van der Waals surface area contributed by atoms with Gasteiger partial charge in [-0.3, -0.25) is 14.2 Å². The highest BCUT2D eigenvalue weighted by atomic mass is 79.9. The number of hydrogen-bond acceptors (Lipinski definition) is 4. The summed E-state index contributed by atoms with van der Waals surface area (Å²) in [5, 5.41) is 4.18. The van der Waals surface area contributed by atoms with Gasteiger partial charge in [-0.05, 0) is 43.2 Å². The first-order chi connectivity index (χ1) is 13.5. The Morgan fingerprint density at radius 3 is 2.64 bits per heavy atom. The SMILES string of the molecule is CCCn1c(SCC(=O)NC(C)c2ccc(Br)cc2)nc2ccccc2c1=O. The second-order valence-corrected chi connectivity index (χ2v) is 8.36. The summed E-state index contributed by atoms with van der Waals surface area (Å²) in [5.41, 5.74) is 1.64. The summed E-state index contributed by atoms with van der Waals surface area (Å²) in [7, 11) is 0. The summed E-state index contributed by atoms with van der Waals surface area (Å²) in [6.45, 7) is 4.55. The molecule has 0 bridgehead atoms. The number of carbonyl (C=O) groups excluding carboxylic acids is 1. The summed E-state index contributed by atoms with van der Waals surface area (Å²) >= 11 is 4.71. The van der Waals surface area contributed by atoms with Crippen LogP contribution in [-0.2, 0) is 11.3 Å². The molecule has 0 saturated heterocycles. The van der Waals surface area contributed by atoms with E-state index in [0.29, 0.717) is 22.6 Å². The van der Waals surface area contributed by atoms with E-state index in [9.17, 15) is 9.59 Å². The van der Waals surface area contributed by atoms with Crippen LogP contribution in [0, 0.1) is 0 Å². The van der Waals surface area contributed by atoms with Gasteiger partial charge in [-0.25, -0.2) is 4.98 Å². The fourth-order valence-corrected chi connectivity index (χ4v) is 4.03. The summed E-state index contributed by atoms with van der Waals surface area (Å²) in [6.07, 6.45) is 0.820. The molecule has 0 aliphatic rings. The molecule has 1 heterocycles. The number of halogens is 1. The van der Waals surface area contributed by atoms with Crippen LogP contribution in [0.25, 0.3) is 10.9 Å². The zero-order valence-electron chi connectivity index (χ0n) is 15.8. The van der Waals surface area contributed by atoms with Gasteiger partial charge in [-0.15, -0.1) is 0 Å². The molecule has 1 aromatic heterocycles. The number of aromatic nitrogens is 2. The number of rotatable bonds is 7. The highest BCUT2D eigenvalue weighted by molar-refractivity contribution is 9.10. The van der Waals surface area contributed by atoms with Crippen molar-refractivity contribution in [2.75, 3.05) is 5.75 Å². The molecule has 1 unspecified atom stereocenters. The van der Waals surface area contributed by atoms with Crippen LogP contribution in [0.3, 0.4) is 0 Å². The van der Waals surface area contributed by atoms with Crippen molar-refractivity contribution in [2.24, 2.45) is 0 Å². The fraction of sp³-hybridized carbons (Fsp3) is 0.286. The lowest BCUT2D eigenvalue weighted by Crippen LogP contribution is -2.29. The number of hydrogen-bond donors (Lipinski definition) is 1. The zero-order valence-corrected chi connectivity index (χ0v) is 18.2. The highest BCUT2D eigenvalue weighted by Crippen LogP contribution is 2.20. The van der Waals surface area contributed by atoms with Gasteiger partial charge in [-0.1, -0.05) is 58.9 Å². The number of para-hydroxylation sites is 1. The van der Waals surface area contributed by atoms with E-state index in [1.165, 1.54) is 11.8 Å². The van der Waals surface area contributed by atoms with Gasteiger partial charge in [-0.2, -0.15) is 0 Å². The van der Waals surface area contributed by atoms with Crippen molar-refractivity contribution in [2.45, 2.75) is 38.0 Å². The summed E-state index contributed by atoms with van der Waals surface area (Å²) in [4.78, 5) is 29.8. The zero-order chi connectivity index (χ0) is 20.1. The Kier molecular flexibility index (Phi) is 6.91. The molecule has 1 N–H and O–H groups in total. The Morgan fingerprint density at radius 2 is 1.93 bits per heavy atom. The maximum atomic E-state index is 12.8. The molecular formula is C21H22BrN3O2S. The molecule has 28 heavy (non-hydrogen) atoms. The van der Waals surface area contributed by atoms with Gasteiger partial charge in [0, 0.05) is 11.0 Å². The molecule has 0 aliphatic carbocycles. The van der Waals surface area contributed by atoms with Crippen LogP contribution in [0.15, 0.2) is 63.0 Å². The molecule has 0 saturated carbocycles. The predicted octanol–water partition coefficient (Wildman–Crippen LogP) is 4.54. The Bertz CT molecular complexity index is 1030. The number of nitrogens with zero attached hydrogens (tertiary/aromatic N) is 2. The monoisotopic (exact) mass is 459 g/mol. The second kappa shape index (κ2) is 9.39. The first-order valence-electron chi connectivity index (χ1n) is 9.16. The average molecular weight is 460 g/mol. The Balaban J connectivity index is 1.73. The van der Waals surface area contributed by atoms with Gasteiger partial charge in [0.1, 0.15) is 0 Å². The number of amides is 1. The molecule has 5 nitrogen and oxygen atoms in total. The summed E-state index contributed by atoms with van der Waals surface area (Å²) in [5.74, 6) is 0.112. The number of fused-ring (bicyclic) bond motifs is 1. The highest BCUT2D eigenvalue weighted by Gasteiger charge is 2.14. The van der Waals surface area contributed by atoms with Gasteiger partial charge >= 0.3 is 0 Å². The van der Waals surface area contributed by atoms with Crippen LogP contribution in [0.1, 0.15) is 31.9 Å². The number of nitrogens with one attached hydrogen (secondary N) is 1. The molecule has 0 aliphatic heterocycles. The van der Waals surface area contributed by atoms with Gasteiger partial charge < -0.3 is 5.32 Å². The van der Waals surface area contributed by atoms with E-state index in [-0.39, 0.29) is 23.3 Å². The van der Waals surface area contributed by atoms with Crippen molar-refractivity contribution in [1.82, 2.24) is 14.9 Å². The number of benzene rings is 2. The average Bonchev–Trinajstić information content (AvgIpc) is 2.69. The van der Waals surface area contributed by atoms with E-state index in [4.69, 9.17) is 0 Å². The topological polar surface area (TPSA) is 64.0 Å². The molecule has 7 heteroatoms. The van der Waals surface area contributed by atoms with Crippen molar-refractivity contribution in [3.05, 3.63) is 68.9 Å². The van der Waals surface area contributed by atoms with E-state index in [1.807, 2.05) is 56.3 Å². The third-order valence-electron chi connectivity index (χ3n) is 4.35. The molecule has 3 aromatic rings. The van der Waals surface area contributed by atoms with Gasteiger partial charge in [0.2, 0.25) is 5.91 Å². The van der Waals surface area contributed by atoms with Crippen molar-refractivity contribution in [1.29, 1.82) is 0 Å². The minimum absolute atomic E-state index is 0.0569. The maximum absolute atomic E-state index is 12.8. The third kappa shape index (κ3) is 4.83. The first-order valence-corrected chi connectivity index (χ1v) is 10.9. The molecule has 1 atom stereocenters. The van der Waals surface area contributed by atoms with E-state index in [0.717, 1.165) is 16.5 Å². The Hall–Kier alpha value is -2.12. The van der Waals surface area contributed by atoms with Crippen molar-refractivity contribution < 1.29 is 4.79 Å². The van der Waals surface area contributed by atoms with Gasteiger partial charge in [0.25, 0.3) is 5.56 Å². The normalized spacial score (nSPS) is 12.1. The van der Waals surface area contributed by atoms with Gasteiger partial charge in [0.05, 0.1) is 22.7 Å². The summed E-state index contributed by atoms with van der Waals surface area (Å²) in [6, 6.07) is 15.1. The maximum Gasteiger partial charge on any atom is 0.262 e. The minimum Gasteiger partial charge on any atom is -0.349 e. The van der Waals surface area contributed by atoms with Crippen molar-refractivity contribution in [3.63, 3.8) is 0 Å². The third-order valence-corrected chi connectivity index (χ3v) is 5.86. The van der Waals surface area contributed by atoms with Crippen LogP contribution in [0.4, 0.5) is 0 Å². The Morgan fingerprint density at radius 1 is 1.21 bits per heavy atom. The molecular weight excluding hydrogens is 438 g/mol. The van der Waals surface area contributed by atoms with E-state index in [2.05, 4.69) is 26.2 Å².